The van der Waals surface area contributed by atoms with Crippen molar-refractivity contribution in [3.05, 3.63) is 62.8 Å². The molecular formula is C21H26N4O4. The molecule has 3 heterocycles. The Balaban J connectivity index is 1.70. The fourth-order valence-electron chi connectivity index (χ4n) is 3.60. The quantitative estimate of drug-likeness (QED) is 0.694. The van der Waals surface area contributed by atoms with Crippen LogP contribution < -0.4 is 10.9 Å². The van der Waals surface area contributed by atoms with Gasteiger partial charge in [-0.05, 0) is 44.0 Å². The molecule has 1 fully saturated rings. The van der Waals surface area contributed by atoms with E-state index >= 15 is 0 Å². The van der Waals surface area contributed by atoms with Crippen LogP contribution in [0, 0.1) is 13.8 Å². The molecule has 154 valence electrons. The van der Waals surface area contributed by atoms with Crippen molar-refractivity contribution in [2.75, 3.05) is 13.1 Å². The molecule has 0 radical (unpaired) electrons. The molecule has 0 unspecified atom stereocenters. The standard InChI is InChI=1S/C21H26N4O4/c1-4-5-15-8-14(9-19(27)23-15)20(28)24-17-10-25(11-18(17)26)21(29)16-7-12(2)6-13(3)22-16/h6-9,17-18,26H,4-5,10-11H2,1-3H3,(H,23,27)(H,24,28)/t17-,18+/m1/s1. The first kappa shape index (κ1) is 20.7. The van der Waals surface area contributed by atoms with Crippen LogP contribution in [-0.2, 0) is 6.42 Å². The van der Waals surface area contributed by atoms with Crippen molar-refractivity contribution < 1.29 is 14.7 Å². The second-order valence-corrected chi connectivity index (χ2v) is 7.54. The predicted octanol–water partition coefficient (Wildman–Crippen LogP) is 0.955. The molecule has 29 heavy (non-hydrogen) atoms. The van der Waals surface area contributed by atoms with Gasteiger partial charge in [0.1, 0.15) is 5.69 Å². The number of amides is 2. The lowest BCUT2D eigenvalue weighted by atomic mass is 10.1. The van der Waals surface area contributed by atoms with Crippen molar-refractivity contribution in [2.24, 2.45) is 0 Å². The molecule has 0 bridgehead atoms. The van der Waals surface area contributed by atoms with Gasteiger partial charge in [0.15, 0.2) is 0 Å². The van der Waals surface area contributed by atoms with Crippen molar-refractivity contribution in [3.8, 4) is 0 Å². The Labute approximate surface area is 169 Å². The van der Waals surface area contributed by atoms with E-state index < -0.39 is 18.1 Å². The van der Waals surface area contributed by atoms with Crippen LogP contribution in [0.25, 0.3) is 0 Å². The van der Waals surface area contributed by atoms with E-state index in [-0.39, 0.29) is 30.1 Å². The van der Waals surface area contributed by atoms with Crippen LogP contribution in [0.3, 0.4) is 0 Å². The number of nitrogens with one attached hydrogen (secondary N) is 2. The number of H-pyrrole nitrogens is 1. The second kappa shape index (κ2) is 8.57. The minimum Gasteiger partial charge on any atom is -0.389 e. The number of hydrogen-bond donors (Lipinski definition) is 3. The fourth-order valence-corrected chi connectivity index (χ4v) is 3.60. The van der Waals surface area contributed by atoms with Gasteiger partial charge in [-0.25, -0.2) is 4.98 Å². The number of likely N-dealkylation sites (tertiary alicyclic amines) is 1. The summed E-state index contributed by atoms with van der Waals surface area (Å²) >= 11 is 0. The van der Waals surface area contributed by atoms with Crippen molar-refractivity contribution >= 4 is 11.8 Å². The average molecular weight is 398 g/mol. The molecule has 2 aromatic heterocycles. The summed E-state index contributed by atoms with van der Waals surface area (Å²) in [6.45, 7) is 5.97. The lowest BCUT2D eigenvalue weighted by Gasteiger charge is -2.17. The molecule has 8 heteroatoms. The van der Waals surface area contributed by atoms with Gasteiger partial charge in [-0.2, -0.15) is 0 Å². The van der Waals surface area contributed by atoms with Gasteiger partial charge < -0.3 is 20.3 Å². The van der Waals surface area contributed by atoms with Crippen LogP contribution in [0.1, 0.15) is 51.1 Å². The minimum atomic E-state index is -0.897. The maximum absolute atomic E-state index is 12.8. The molecule has 3 rings (SSSR count). The number of aromatic amines is 1. The first-order chi connectivity index (χ1) is 13.8. The molecule has 1 saturated heterocycles. The average Bonchev–Trinajstić information content (AvgIpc) is 3.00. The molecule has 0 aromatic carbocycles. The molecule has 2 aromatic rings. The van der Waals surface area contributed by atoms with E-state index in [0.717, 1.165) is 17.7 Å². The smallest absolute Gasteiger partial charge is 0.272 e. The lowest BCUT2D eigenvalue weighted by Crippen LogP contribution is -2.43. The Hall–Kier alpha value is -3.00. The van der Waals surface area contributed by atoms with Gasteiger partial charge in [-0.1, -0.05) is 13.3 Å². The minimum absolute atomic E-state index is 0.106. The number of rotatable bonds is 5. The number of nitrogens with zero attached hydrogens (tertiary/aromatic N) is 2. The normalized spacial score (nSPS) is 18.7. The van der Waals surface area contributed by atoms with Crippen LogP contribution in [0.4, 0.5) is 0 Å². The van der Waals surface area contributed by atoms with E-state index in [1.807, 2.05) is 26.8 Å². The molecule has 3 N–H and O–H groups in total. The van der Waals surface area contributed by atoms with Gasteiger partial charge in [0.05, 0.1) is 12.1 Å². The zero-order chi connectivity index (χ0) is 21.1. The fraction of sp³-hybridized carbons (Fsp3) is 0.429. The van der Waals surface area contributed by atoms with Crippen molar-refractivity contribution in [2.45, 2.75) is 45.8 Å². The van der Waals surface area contributed by atoms with Crippen LogP contribution in [0.15, 0.2) is 29.1 Å². The Morgan fingerprint density at radius 3 is 2.69 bits per heavy atom. The summed E-state index contributed by atoms with van der Waals surface area (Å²) in [5.74, 6) is -0.731. The van der Waals surface area contributed by atoms with Crippen molar-refractivity contribution in [3.63, 3.8) is 0 Å². The molecular weight excluding hydrogens is 372 g/mol. The van der Waals surface area contributed by atoms with Crippen LogP contribution in [0.5, 0.6) is 0 Å². The van der Waals surface area contributed by atoms with Crippen molar-refractivity contribution in [1.82, 2.24) is 20.2 Å². The summed E-state index contributed by atoms with van der Waals surface area (Å²) in [5.41, 5.74) is 2.59. The number of aliphatic hydroxyl groups excluding tert-OH is 1. The van der Waals surface area contributed by atoms with Gasteiger partial charge in [0, 0.05) is 36.1 Å². The molecule has 8 nitrogen and oxygen atoms in total. The summed E-state index contributed by atoms with van der Waals surface area (Å²) in [6.07, 6.45) is 0.602. The highest BCUT2D eigenvalue weighted by atomic mass is 16.3. The number of aryl methyl sites for hydroxylation is 3. The Kier molecular flexibility index (Phi) is 6.12. The van der Waals surface area contributed by atoms with E-state index in [0.29, 0.717) is 17.8 Å². The second-order valence-electron chi connectivity index (χ2n) is 7.54. The highest BCUT2D eigenvalue weighted by Crippen LogP contribution is 2.16. The highest BCUT2D eigenvalue weighted by Gasteiger charge is 2.36. The van der Waals surface area contributed by atoms with E-state index in [4.69, 9.17) is 0 Å². The first-order valence-corrected chi connectivity index (χ1v) is 9.73. The molecule has 0 saturated carbocycles. The van der Waals surface area contributed by atoms with Gasteiger partial charge in [-0.3, -0.25) is 14.4 Å². The summed E-state index contributed by atoms with van der Waals surface area (Å²) in [6, 6.07) is 5.85. The molecule has 0 aliphatic carbocycles. The van der Waals surface area contributed by atoms with Crippen molar-refractivity contribution in [1.29, 1.82) is 0 Å². The lowest BCUT2D eigenvalue weighted by molar-refractivity contribution is 0.0759. The monoisotopic (exact) mass is 398 g/mol. The van der Waals surface area contributed by atoms with Gasteiger partial charge in [-0.15, -0.1) is 0 Å². The topological polar surface area (TPSA) is 115 Å². The Bertz CT molecular complexity index is 965. The Morgan fingerprint density at radius 1 is 1.24 bits per heavy atom. The van der Waals surface area contributed by atoms with E-state index in [1.54, 1.807) is 12.1 Å². The number of carbonyl (C=O) groups is 2. The maximum Gasteiger partial charge on any atom is 0.272 e. The van der Waals surface area contributed by atoms with Crippen LogP contribution in [0.2, 0.25) is 0 Å². The number of pyridine rings is 2. The molecule has 2 amide bonds. The SMILES string of the molecule is CCCc1cc(C(=O)N[C@@H]2CN(C(=O)c3cc(C)cc(C)n3)C[C@@H]2O)cc(=O)[nH]1. The first-order valence-electron chi connectivity index (χ1n) is 9.73. The van der Waals surface area contributed by atoms with Crippen LogP contribution >= 0.6 is 0 Å². The van der Waals surface area contributed by atoms with Crippen LogP contribution in [-0.4, -0.2) is 57.0 Å². The van der Waals surface area contributed by atoms with E-state index in [9.17, 15) is 19.5 Å². The van der Waals surface area contributed by atoms with Gasteiger partial charge >= 0.3 is 0 Å². The van der Waals surface area contributed by atoms with E-state index in [2.05, 4.69) is 15.3 Å². The number of aromatic nitrogens is 2. The number of β-amino-alcohol motifs (C(OH)–C–C–N with tert-alkyl or cyclic N) is 1. The third-order valence-corrected chi connectivity index (χ3v) is 4.89. The Morgan fingerprint density at radius 2 is 2.00 bits per heavy atom. The number of aliphatic hydroxyl groups is 1. The third kappa shape index (κ3) is 4.89. The predicted molar refractivity (Wildman–Crippen MR) is 108 cm³/mol. The summed E-state index contributed by atoms with van der Waals surface area (Å²) in [4.78, 5) is 45.6. The summed E-state index contributed by atoms with van der Waals surface area (Å²) in [7, 11) is 0. The molecule has 1 aliphatic heterocycles. The van der Waals surface area contributed by atoms with E-state index in [1.165, 1.54) is 11.0 Å². The zero-order valence-corrected chi connectivity index (χ0v) is 16.9. The largest absolute Gasteiger partial charge is 0.389 e. The summed E-state index contributed by atoms with van der Waals surface area (Å²) < 4.78 is 0. The zero-order valence-electron chi connectivity index (χ0n) is 16.9. The highest BCUT2D eigenvalue weighted by molar-refractivity contribution is 5.95. The maximum atomic E-state index is 12.8. The number of hydrogen-bond acceptors (Lipinski definition) is 5. The van der Waals surface area contributed by atoms with Gasteiger partial charge in [0.25, 0.3) is 11.8 Å². The molecule has 0 spiro atoms. The molecule has 1 aliphatic rings. The third-order valence-electron chi connectivity index (χ3n) is 4.89. The number of carbonyl (C=O) groups excluding carboxylic acids is 2. The van der Waals surface area contributed by atoms with Gasteiger partial charge in [0.2, 0.25) is 5.56 Å². The molecule has 2 atom stereocenters. The summed E-state index contributed by atoms with van der Waals surface area (Å²) in [5, 5.41) is 13.1.